The third kappa shape index (κ3) is 3.07. The van der Waals surface area contributed by atoms with E-state index < -0.39 is 0 Å². The molecule has 0 aliphatic rings. The van der Waals surface area contributed by atoms with Gasteiger partial charge in [0.25, 0.3) is 0 Å². The van der Waals surface area contributed by atoms with E-state index in [-0.39, 0.29) is 0 Å². The topological polar surface area (TPSA) is 12.0 Å². The highest BCUT2D eigenvalue weighted by molar-refractivity contribution is 14.1. The molecule has 1 nitrogen and oxygen atoms in total. The van der Waals surface area contributed by atoms with E-state index in [1.54, 1.807) is 0 Å². The number of hydrogen-bond acceptors (Lipinski definition) is 1. The Hall–Kier alpha value is -1.26. The molecule has 20 heavy (non-hydrogen) atoms. The first-order valence-corrected chi connectivity index (χ1v) is 7.85. The average Bonchev–Trinajstić information content (AvgIpc) is 2.46. The summed E-state index contributed by atoms with van der Waals surface area (Å²) < 4.78 is 1.14. The largest absolute Gasteiger partial charge is 0.380 e. The predicted molar refractivity (Wildman–Crippen MR) is 95.4 cm³/mol. The van der Waals surface area contributed by atoms with Crippen molar-refractivity contribution in [2.45, 2.75) is 6.54 Å². The van der Waals surface area contributed by atoms with Crippen LogP contribution >= 0.6 is 34.2 Å². The maximum absolute atomic E-state index is 5.97. The molecule has 0 amide bonds. The Bertz CT molecular complexity index is 755. The molecule has 0 aromatic heterocycles. The zero-order valence-electron chi connectivity index (χ0n) is 10.7. The van der Waals surface area contributed by atoms with Crippen molar-refractivity contribution in [3.63, 3.8) is 0 Å². The number of halogens is 2. The van der Waals surface area contributed by atoms with E-state index >= 15 is 0 Å². The van der Waals surface area contributed by atoms with Crippen LogP contribution in [-0.2, 0) is 6.54 Å². The highest BCUT2D eigenvalue weighted by Gasteiger charge is 2.01. The van der Waals surface area contributed by atoms with Crippen LogP contribution in [-0.4, -0.2) is 0 Å². The minimum Gasteiger partial charge on any atom is -0.380 e. The molecule has 0 radical (unpaired) electrons. The number of nitrogens with one attached hydrogen (secondary N) is 1. The van der Waals surface area contributed by atoms with Gasteiger partial charge in [0.2, 0.25) is 0 Å². The highest BCUT2D eigenvalue weighted by Crippen LogP contribution is 2.23. The lowest BCUT2D eigenvalue weighted by Gasteiger charge is -2.09. The molecule has 0 spiro atoms. The highest BCUT2D eigenvalue weighted by atomic mass is 127. The van der Waals surface area contributed by atoms with Gasteiger partial charge in [0, 0.05) is 20.8 Å². The Morgan fingerprint density at radius 1 is 0.900 bits per heavy atom. The summed E-state index contributed by atoms with van der Waals surface area (Å²) >= 11 is 8.26. The fraction of sp³-hybridized carbons (Fsp3) is 0.0588. The molecule has 0 saturated carbocycles. The Balaban J connectivity index is 1.79. The van der Waals surface area contributed by atoms with Crippen LogP contribution in [0.4, 0.5) is 5.69 Å². The first-order chi connectivity index (χ1) is 9.72. The Morgan fingerprint density at radius 3 is 2.50 bits per heavy atom. The van der Waals surface area contributed by atoms with E-state index in [9.17, 15) is 0 Å². The van der Waals surface area contributed by atoms with Gasteiger partial charge in [-0.3, -0.25) is 0 Å². The van der Waals surface area contributed by atoms with Gasteiger partial charge >= 0.3 is 0 Å². The van der Waals surface area contributed by atoms with Gasteiger partial charge in [0.05, 0.1) is 0 Å². The van der Waals surface area contributed by atoms with Crippen LogP contribution in [0.3, 0.4) is 0 Å². The van der Waals surface area contributed by atoms with Crippen LogP contribution in [0.5, 0.6) is 0 Å². The summed E-state index contributed by atoms with van der Waals surface area (Å²) in [5, 5.41) is 6.77. The van der Waals surface area contributed by atoms with E-state index in [1.807, 2.05) is 18.2 Å². The molecule has 100 valence electrons. The predicted octanol–water partition coefficient (Wildman–Crippen LogP) is 5.71. The Kier molecular flexibility index (Phi) is 4.13. The minimum absolute atomic E-state index is 0.769. The van der Waals surface area contributed by atoms with Gasteiger partial charge in [0.1, 0.15) is 0 Å². The first-order valence-electron chi connectivity index (χ1n) is 6.39. The molecule has 0 heterocycles. The molecule has 3 aromatic rings. The smallest absolute Gasteiger partial charge is 0.0479 e. The van der Waals surface area contributed by atoms with Crippen LogP contribution in [0.1, 0.15) is 5.56 Å². The molecular formula is C17H13ClIN. The number of fused-ring (bicyclic) bond motifs is 1. The van der Waals surface area contributed by atoms with Crippen molar-refractivity contribution in [1.82, 2.24) is 0 Å². The average molecular weight is 394 g/mol. The summed E-state index contributed by atoms with van der Waals surface area (Å²) in [7, 11) is 0. The summed E-state index contributed by atoms with van der Waals surface area (Å²) in [4.78, 5) is 0. The zero-order valence-corrected chi connectivity index (χ0v) is 13.6. The second-order valence-corrected chi connectivity index (χ2v) is 6.26. The fourth-order valence-electron chi connectivity index (χ4n) is 2.18. The van der Waals surface area contributed by atoms with Crippen LogP contribution in [0.25, 0.3) is 10.8 Å². The minimum atomic E-state index is 0.769. The molecule has 0 unspecified atom stereocenters. The van der Waals surface area contributed by atoms with Crippen molar-refractivity contribution in [2.75, 3.05) is 5.32 Å². The summed E-state index contributed by atoms with van der Waals surface area (Å²) in [5.74, 6) is 0. The standard InChI is InChI=1S/C17H13ClIN/c18-15-7-8-17(16(19)10-15)20-11-12-5-6-13-3-1-2-4-14(13)9-12/h1-10,20H,11H2. The molecule has 0 aliphatic carbocycles. The Morgan fingerprint density at radius 2 is 1.70 bits per heavy atom. The summed E-state index contributed by atoms with van der Waals surface area (Å²) in [5.41, 5.74) is 2.39. The first kappa shape index (κ1) is 13.7. The van der Waals surface area contributed by atoms with Crippen LogP contribution in [0, 0.1) is 3.57 Å². The molecule has 0 fully saturated rings. The van der Waals surface area contributed by atoms with E-state index in [0.29, 0.717) is 0 Å². The number of benzene rings is 3. The van der Waals surface area contributed by atoms with Gasteiger partial charge in [-0.1, -0.05) is 48.0 Å². The molecule has 3 heteroatoms. The van der Waals surface area contributed by atoms with Gasteiger partial charge in [-0.25, -0.2) is 0 Å². The van der Waals surface area contributed by atoms with Gasteiger partial charge in [-0.2, -0.15) is 0 Å². The number of rotatable bonds is 3. The summed E-state index contributed by atoms with van der Waals surface area (Å²) in [6.07, 6.45) is 0. The zero-order chi connectivity index (χ0) is 13.9. The molecule has 0 saturated heterocycles. The quantitative estimate of drug-likeness (QED) is 0.562. The molecular weight excluding hydrogens is 381 g/mol. The maximum Gasteiger partial charge on any atom is 0.0479 e. The van der Waals surface area contributed by atoms with E-state index in [4.69, 9.17) is 11.6 Å². The maximum atomic E-state index is 5.97. The van der Waals surface area contributed by atoms with Crippen LogP contribution in [0.2, 0.25) is 5.02 Å². The van der Waals surface area contributed by atoms with Crippen LogP contribution < -0.4 is 5.32 Å². The SMILES string of the molecule is Clc1ccc(NCc2ccc3ccccc3c2)c(I)c1. The lowest BCUT2D eigenvalue weighted by molar-refractivity contribution is 1.15. The second kappa shape index (κ2) is 6.02. The molecule has 0 aliphatic heterocycles. The van der Waals surface area contributed by atoms with E-state index in [0.717, 1.165) is 20.8 Å². The van der Waals surface area contributed by atoms with Gasteiger partial charge in [-0.05, 0) is 63.2 Å². The molecule has 0 bridgehead atoms. The molecule has 0 atom stereocenters. The summed E-state index contributed by atoms with van der Waals surface area (Å²) in [6, 6.07) is 20.9. The van der Waals surface area contributed by atoms with Gasteiger partial charge < -0.3 is 5.32 Å². The second-order valence-electron chi connectivity index (χ2n) is 4.66. The van der Waals surface area contributed by atoms with E-state index in [1.165, 1.54) is 16.3 Å². The molecule has 3 aromatic carbocycles. The van der Waals surface area contributed by atoms with Gasteiger partial charge in [-0.15, -0.1) is 0 Å². The molecule has 3 rings (SSSR count). The van der Waals surface area contributed by atoms with Crippen molar-refractivity contribution in [3.05, 3.63) is 74.8 Å². The fourth-order valence-corrected chi connectivity index (χ4v) is 3.24. The van der Waals surface area contributed by atoms with Crippen molar-refractivity contribution < 1.29 is 0 Å². The van der Waals surface area contributed by atoms with Crippen molar-refractivity contribution in [2.24, 2.45) is 0 Å². The van der Waals surface area contributed by atoms with Crippen molar-refractivity contribution >= 4 is 50.7 Å². The number of hydrogen-bond donors (Lipinski definition) is 1. The third-order valence-electron chi connectivity index (χ3n) is 3.23. The summed E-state index contributed by atoms with van der Waals surface area (Å²) in [6.45, 7) is 0.808. The monoisotopic (exact) mass is 393 g/mol. The molecule has 1 N–H and O–H groups in total. The van der Waals surface area contributed by atoms with Crippen LogP contribution in [0.15, 0.2) is 60.7 Å². The van der Waals surface area contributed by atoms with Gasteiger partial charge in [0.15, 0.2) is 0 Å². The lowest BCUT2D eigenvalue weighted by Crippen LogP contribution is -2.00. The number of anilines is 1. The van der Waals surface area contributed by atoms with E-state index in [2.05, 4.69) is 70.4 Å². The Labute approximate surface area is 137 Å². The normalized spacial score (nSPS) is 10.7. The third-order valence-corrected chi connectivity index (χ3v) is 4.36. The lowest BCUT2D eigenvalue weighted by atomic mass is 10.1. The van der Waals surface area contributed by atoms with Crippen molar-refractivity contribution in [1.29, 1.82) is 0 Å². The van der Waals surface area contributed by atoms with Crippen molar-refractivity contribution in [3.8, 4) is 0 Å².